The van der Waals surface area contributed by atoms with Crippen LogP contribution >= 0.6 is 0 Å². The summed E-state index contributed by atoms with van der Waals surface area (Å²) < 4.78 is 12.1. The summed E-state index contributed by atoms with van der Waals surface area (Å²) in [5.74, 6) is 3.03. The van der Waals surface area contributed by atoms with Gasteiger partial charge in [-0.15, -0.1) is 0 Å². The summed E-state index contributed by atoms with van der Waals surface area (Å²) in [6.07, 6.45) is 14.3. The molecule has 8 heteroatoms. The van der Waals surface area contributed by atoms with E-state index in [2.05, 4.69) is 51.3 Å². The Morgan fingerprint density at radius 2 is 1.69 bits per heavy atom. The summed E-state index contributed by atoms with van der Waals surface area (Å²) in [5.41, 5.74) is 4.16. The van der Waals surface area contributed by atoms with E-state index < -0.39 is 0 Å². The van der Waals surface area contributed by atoms with Crippen LogP contribution in [0.1, 0.15) is 49.4 Å². The number of hydrogen-bond acceptors (Lipinski definition) is 8. The van der Waals surface area contributed by atoms with Crippen molar-refractivity contribution in [3.63, 3.8) is 0 Å². The standard InChI is InChI=1S/C28H36N6O2/c1-33-9-6-21(19-33)22-17-31-27(32-18-22)14-20-2-4-24(5-3-20)36-26-16-23(34-10-12-35-13-11-34)15-25-28(26)30-8-7-29-25/h7-8,15-18,20-21,24H,2-6,9-14,19H2,1H3. The van der Waals surface area contributed by atoms with Crippen LogP contribution < -0.4 is 9.64 Å². The molecule has 2 aliphatic heterocycles. The monoisotopic (exact) mass is 488 g/mol. The Morgan fingerprint density at radius 3 is 2.44 bits per heavy atom. The SMILES string of the molecule is CN1CCC(c2cnc(CC3CCC(Oc4cc(N5CCOCC5)cc5nccnc45)CC3)nc2)C1. The van der Waals surface area contributed by atoms with Crippen molar-refractivity contribution < 1.29 is 9.47 Å². The van der Waals surface area contributed by atoms with Crippen LogP contribution in [0.3, 0.4) is 0 Å². The van der Waals surface area contributed by atoms with E-state index in [0.717, 1.165) is 99.8 Å². The van der Waals surface area contributed by atoms with Gasteiger partial charge in [-0.2, -0.15) is 0 Å². The Labute approximate surface area is 213 Å². The van der Waals surface area contributed by atoms with Gasteiger partial charge in [0.05, 0.1) is 24.8 Å². The lowest BCUT2D eigenvalue weighted by Gasteiger charge is -2.31. The zero-order valence-corrected chi connectivity index (χ0v) is 21.2. The molecule has 1 unspecified atom stereocenters. The highest BCUT2D eigenvalue weighted by Gasteiger charge is 2.26. The summed E-state index contributed by atoms with van der Waals surface area (Å²) in [6, 6.07) is 4.26. The molecule has 2 saturated heterocycles. The fourth-order valence-electron chi connectivity index (χ4n) is 5.90. The number of rotatable bonds is 6. The maximum absolute atomic E-state index is 6.58. The predicted molar refractivity (Wildman–Crippen MR) is 140 cm³/mol. The summed E-state index contributed by atoms with van der Waals surface area (Å²) in [5, 5.41) is 0. The largest absolute Gasteiger partial charge is 0.488 e. The number of morpholine rings is 1. The molecule has 2 aromatic heterocycles. The normalized spacial score (nSPS) is 25.4. The Bertz CT molecular complexity index is 1160. The summed E-state index contributed by atoms with van der Waals surface area (Å²) in [6.45, 7) is 5.56. The quantitative estimate of drug-likeness (QED) is 0.518. The molecule has 0 bridgehead atoms. The molecule has 6 rings (SSSR count). The van der Waals surface area contributed by atoms with Crippen LogP contribution in [0.2, 0.25) is 0 Å². The number of likely N-dealkylation sites (N-methyl/N-ethyl adjacent to an activating group) is 1. The third-order valence-electron chi connectivity index (χ3n) is 8.05. The second kappa shape index (κ2) is 10.6. The van der Waals surface area contributed by atoms with Crippen LogP contribution in [0.5, 0.6) is 5.75 Å². The van der Waals surface area contributed by atoms with Gasteiger partial charge >= 0.3 is 0 Å². The van der Waals surface area contributed by atoms with E-state index in [1.807, 2.05) is 0 Å². The number of ether oxygens (including phenoxy) is 2. The Hall–Kier alpha value is -2.84. The van der Waals surface area contributed by atoms with E-state index >= 15 is 0 Å². The third kappa shape index (κ3) is 5.30. The van der Waals surface area contributed by atoms with Crippen LogP contribution in [0.4, 0.5) is 5.69 Å². The van der Waals surface area contributed by atoms with Crippen molar-refractivity contribution in [2.45, 2.75) is 50.5 Å². The van der Waals surface area contributed by atoms with E-state index in [-0.39, 0.29) is 6.10 Å². The highest BCUT2D eigenvalue weighted by atomic mass is 16.5. The third-order valence-corrected chi connectivity index (χ3v) is 8.05. The molecular formula is C28H36N6O2. The smallest absolute Gasteiger partial charge is 0.149 e. The molecule has 3 aromatic rings. The molecule has 36 heavy (non-hydrogen) atoms. The zero-order valence-electron chi connectivity index (χ0n) is 21.2. The Morgan fingerprint density at radius 1 is 0.917 bits per heavy atom. The van der Waals surface area contributed by atoms with Gasteiger partial charge in [0.15, 0.2) is 0 Å². The lowest BCUT2D eigenvalue weighted by atomic mass is 9.85. The van der Waals surface area contributed by atoms with Crippen molar-refractivity contribution in [1.29, 1.82) is 0 Å². The van der Waals surface area contributed by atoms with Crippen molar-refractivity contribution in [3.05, 3.63) is 48.3 Å². The summed E-state index contributed by atoms with van der Waals surface area (Å²) in [4.78, 5) is 23.3. The zero-order chi connectivity index (χ0) is 24.3. The second-order valence-corrected chi connectivity index (χ2v) is 10.6. The molecule has 3 aliphatic rings. The molecule has 4 heterocycles. The number of anilines is 1. The minimum Gasteiger partial charge on any atom is -0.488 e. The first-order valence-corrected chi connectivity index (χ1v) is 13.4. The van der Waals surface area contributed by atoms with Crippen molar-refractivity contribution in [3.8, 4) is 5.75 Å². The predicted octanol–water partition coefficient (Wildman–Crippen LogP) is 3.86. The molecule has 1 aliphatic carbocycles. The number of benzene rings is 1. The molecule has 1 saturated carbocycles. The highest BCUT2D eigenvalue weighted by molar-refractivity contribution is 5.85. The van der Waals surface area contributed by atoms with Gasteiger partial charge in [-0.25, -0.2) is 15.0 Å². The molecule has 0 spiro atoms. The lowest BCUT2D eigenvalue weighted by Crippen LogP contribution is -2.36. The van der Waals surface area contributed by atoms with Gasteiger partial charge in [-0.1, -0.05) is 0 Å². The van der Waals surface area contributed by atoms with E-state index in [1.165, 1.54) is 12.0 Å². The van der Waals surface area contributed by atoms with Crippen LogP contribution in [0, 0.1) is 5.92 Å². The second-order valence-electron chi connectivity index (χ2n) is 10.6. The van der Waals surface area contributed by atoms with E-state index in [0.29, 0.717) is 11.8 Å². The number of aromatic nitrogens is 4. The van der Waals surface area contributed by atoms with E-state index in [9.17, 15) is 0 Å². The molecular weight excluding hydrogens is 452 g/mol. The average Bonchev–Trinajstić information content (AvgIpc) is 3.37. The van der Waals surface area contributed by atoms with Gasteiger partial charge in [0.2, 0.25) is 0 Å². The van der Waals surface area contributed by atoms with Gasteiger partial charge in [0.25, 0.3) is 0 Å². The van der Waals surface area contributed by atoms with Gasteiger partial charge in [0.1, 0.15) is 17.1 Å². The first-order chi connectivity index (χ1) is 17.7. The Balaban J connectivity index is 1.07. The van der Waals surface area contributed by atoms with Crippen LogP contribution in [0.15, 0.2) is 36.9 Å². The number of hydrogen-bond donors (Lipinski definition) is 0. The van der Waals surface area contributed by atoms with Gasteiger partial charge in [0, 0.05) is 68.5 Å². The average molecular weight is 489 g/mol. The van der Waals surface area contributed by atoms with E-state index in [1.54, 1.807) is 12.4 Å². The molecule has 1 aromatic carbocycles. The van der Waals surface area contributed by atoms with Crippen LogP contribution in [0.25, 0.3) is 11.0 Å². The molecule has 0 N–H and O–H groups in total. The van der Waals surface area contributed by atoms with Gasteiger partial charge in [-0.05, 0) is 63.2 Å². The number of fused-ring (bicyclic) bond motifs is 1. The van der Waals surface area contributed by atoms with Crippen LogP contribution in [-0.4, -0.2) is 77.4 Å². The molecule has 0 amide bonds. The lowest BCUT2D eigenvalue weighted by molar-refractivity contribution is 0.122. The topological polar surface area (TPSA) is 76.5 Å². The summed E-state index contributed by atoms with van der Waals surface area (Å²) >= 11 is 0. The number of likely N-dealkylation sites (tertiary alicyclic amines) is 1. The Kier molecular flexibility index (Phi) is 6.96. The minimum atomic E-state index is 0.203. The minimum absolute atomic E-state index is 0.203. The maximum atomic E-state index is 6.58. The molecule has 3 fully saturated rings. The van der Waals surface area contributed by atoms with Gasteiger partial charge < -0.3 is 19.3 Å². The fraction of sp³-hybridized carbons (Fsp3) is 0.571. The van der Waals surface area contributed by atoms with Crippen molar-refractivity contribution >= 4 is 16.7 Å². The van der Waals surface area contributed by atoms with Crippen molar-refractivity contribution in [2.24, 2.45) is 5.92 Å². The number of nitrogens with zero attached hydrogens (tertiary/aromatic N) is 6. The first kappa shape index (κ1) is 23.6. The molecule has 190 valence electrons. The molecule has 8 nitrogen and oxygen atoms in total. The van der Waals surface area contributed by atoms with Crippen LogP contribution in [-0.2, 0) is 11.2 Å². The fourth-order valence-corrected chi connectivity index (χ4v) is 5.90. The molecule has 1 atom stereocenters. The maximum Gasteiger partial charge on any atom is 0.149 e. The highest BCUT2D eigenvalue weighted by Crippen LogP contribution is 2.34. The summed E-state index contributed by atoms with van der Waals surface area (Å²) in [7, 11) is 2.19. The first-order valence-electron chi connectivity index (χ1n) is 13.4. The van der Waals surface area contributed by atoms with Crippen molar-refractivity contribution in [1.82, 2.24) is 24.8 Å². The van der Waals surface area contributed by atoms with Gasteiger partial charge in [-0.3, -0.25) is 4.98 Å². The van der Waals surface area contributed by atoms with E-state index in [4.69, 9.17) is 19.4 Å². The molecule has 0 radical (unpaired) electrons. The van der Waals surface area contributed by atoms with Crippen molar-refractivity contribution in [2.75, 3.05) is 51.3 Å².